The topological polar surface area (TPSA) is 92.2 Å². The molecular weight excluding hydrogens is 270 g/mol. The summed E-state index contributed by atoms with van der Waals surface area (Å²) in [5, 5.41) is 16.3. The van der Waals surface area contributed by atoms with Gasteiger partial charge in [0, 0.05) is 13.1 Å². The smallest absolute Gasteiger partial charge is 0.323 e. The number of hydrogen-bond donors (Lipinski definition) is 3. The molecule has 1 aliphatic carbocycles. The average Bonchev–Trinajstić information content (AvgIpc) is 2.40. The highest BCUT2D eigenvalue weighted by Crippen LogP contribution is 2.31. The molecule has 3 N–H and O–H groups in total. The molecule has 2 rings (SSSR count). The molecule has 1 heterocycles. The number of hydrogen-bond acceptors (Lipinski definition) is 7. The molecule has 7 nitrogen and oxygen atoms in total. The third-order valence-corrected chi connectivity index (χ3v) is 3.35. The maximum atomic E-state index is 10.1. The van der Waals surface area contributed by atoms with Crippen LogP contribution in [0.3, 0.4) is 0 Å². The molecule has 1 aromatic rings. The zero-order valence-electron chi connectivity index (χ0n) is 13.0. The van der Waals surface area contributed by atoms with Crippen LogP contribution in [0.4, 0.5) is 11.9 Å². The van der Waals surface area contributed by atoms with Crippen LogP contribution in [-0.4, -0.2) is 44.9 Å². The number of nitrogens with one attached hydrogen (secondary N) is 2. The van der Waals surface area contributed by atoms with Gasteiger partial charge in [0.05, 0.1) is 11.7 Å². The van der Waals surface area contributed by atoms with E-state index in [1.165, 1.54) is 0 Å². The summed E-state index contributed by atoms with van der Waals surface area (Å²) in [5.74, 6) is 0.921. The molecule has 1 aromatic heterocycles. The minimum atomic E-state index is -0.622. The Labute approximate surface area is 125 Å². The van der Waals surface area contributed by atoms with Crippen molar-refractivity contribution in [3.8, 4) is 6.01 Å². The molecule has 1 saturated carbocycles. The van der Waals surface area contributed by atoms with E-state index in [1.54, 1.807) is 0 Å². The van der Waals surface area contributed by atoms with Crippen LogP contribution in [0.1, 0.15) is 46.5 Å². The van der Waals surface area contributed by atoms with Gasteiger partial charge in [-0.25, -0.2) is 0 Å². The molecule has 0 aromatic carbocycles. The van der Waals surface area contributed by atoms with E-state index >= 15 is 0 Å². The maximum Gasteiger partial charge on any atom is 0.323 e. The van der Waals surface area contributed by atoms with E-state index in [4.69, 9.17) is 4.74 Å². The number of rotatable bonds is 8. The van der Waals surface area contributed by atoms with Crippen molar-refractivity contribution in [2.24, 2.45) is 0 Å². The highest BCUT2D eigenvalue weighted by Gasteiger charge is 2.34. The van der Waals surface area contributed by atoms with Gasteiger partial charge in [0.1, 0.15) is 0 Å². The quantitative estimate of drug-likeness (QED) is 0.673. The van der Waals surface area contributed by atoms with Crippen LogP contribution < -0.4 is 15.4 Å². The first-order valence-corrected chi connectivity index (χ1v) is 7.63. The summed E-state index contributed by atoms with van der Waals surface area (Å²) in [6, 6.07) is 0.293. The Kier molecular flexibility index (Phi) is 5.17. The summed E-state index contributed by atoms with van der Waals surface area (Å²) >= 11 is 0. The number of nitrogens with zero attached hydrogens (tertiary/aromatic N) is 3. The Morgan fingerprint density at radius 1 is 1.19 bits per heavy atom. The fraction of sp³-hybridized carbons (Fsp3) is 0.786. The van der Waals surface area contributed by atoms with Gasteiger partial charge in [-0.15, -0.1) is 0 Å². The van der Waals surface area contributed by atoms with E-state index in [0.29, 0.717) is 24.5 Å². The van der Waals surface area contributed by atoms with Crippen LogP contribution in [0.25, 0.3) is 0 Å². The van der Waals surface area contributed by atoms with Gasteiger partial charge in [0.2, 0.25) is 11.9 Å². The molecule has 0 saturated heterocycles. The van der Waals surface area contributed by atoms with Gasteiger partial charge in [-0.3, -0.25) is 0 Å². The third kappa shape index (κ3) is 4.70. The van der Waals surface area contributed by atoms with Crippen LogP contribution in [0, 0.1) is 0 Å². The number of ether oxygens (including phenoxy) is 1. The fourth-order valence-electron chi connectivity index (χ4n) is 2.02. The van der Waals surface area contributed by atoms with Gasteiger partial charge in [0.15, 0.2) is 0 Å². The van der Waals surface area contributed by atoms with Gasteiger partial charge >= 0.3 is 6.01 Å². The lowest BCUT2D eigenvalue weighted by atomic mass is 9.80. The Balaban J connectivity index is 2.05. The Morgan fingerprint density at radius 2 is 1.86 bits per heavy atom. The molecule has 0 amide bonds. The molecule has 21 heavy (non-hydrogen) atoms. The molecule has 0 bridgehead atoms. The standard InChI is InChI=1S/C14H25N5O2/c1-4-8-15-11-17-12(16-9-14(20)6-5-7-14)19-13(18-11)21-10(2)3/h10,20H,4-9H2,1-3H3,(H2,15,16,17,18,19). The second-order valence-electron chi connectivity index (χ2n) is 5.79. The van der Waals surface area contributed by atoms with Crippen LogP contribution in [-0.2, 0) is 0 Å². The fourth-order valence-corrected chi connectivity index (χ4v) is 2.02. The van der Waals surface area contributed by atoms with E-state index in [9.17, 15) is 5.11 Å². The first-order valence-electron chi connectivity index (χ1n) is 7.63. The molecular formula is C14H25N5O2. The molecule has 0 radical (unpaired) electrons. The SMILES string of the molecule is CCCNc1nc(NCC2(O)CCC2)nc(OC(C)C)n1. The molecule has 118 valence electrons. The minimum Gasteiger partial charge on any atom is -0.461 e. The monoisotopic (exact) mass is 295 g/mol. The van der Waals surface area contributed by atoms with Crippen molar-refractivity contribution >= 4 is 11.9 Å². The van der Waals surface area contributed by atoms with Crippen LogP contribution in [0.15, 0.2) is 0 Å². The summed E-state index contributed by atoms with van der Waals surface area (Å²) in [6.45, 7) is 7.16. The van der Waals surface area contributed by atoms with Crippen molar-refractivity contribution in [1.29, 1.82) is 0 Å². The second-order valence-corrected chi connectivity index (χ2v) is 5.79. The Hall–Kier alpha value is -1.63. The predicted octanol–water partition coefficient (Wildman–Crippen LogP) is 1.81. The van der Waals surface area contributed by atoms with Crippen LogP contribution in [0.5, 0.6) is 6.01 Å². The summed E-state index contributed by atoms with van der Waals surface area (Å²) in [4.78, 5) is 12.8. The molecule has 0 atom stereocenters. The lowest BCUT2D eigenvalue weighted by molar-refractivity contribution is -0.0203. The van der Waals surface area contributed by atoms with Gasteiger partial charge in [-0.2, -0.15) is 15.0 Å². The van der Waals surface area contributed by atoms with Crippen molar-refractivity contribution in [2.45, 2.75) is 58.2 Å². The van der Waals surface area contributed by atoms with Crippen LogP contribution >= 0.6 is 0 Å². The molecule has 1 fully saturated rings. The van der Waals surface area contributed by atoms with Gasteiger partial charge < -0.3 is 20.5 Å². The molecule has 1 aliphatic rings. The Bertz CT molecular complexity index is 463. The highest BCUT2D eigenvalue weighted by molar-refractivity contribution is 5.36. The number of aliphatic hydroxyl groups is 1. The molecule has 0 spiro atoms. The summed E-state index contributed by atoms with van der Waals surface area (Å²) < 4.78 is 5.54. The molecule has 7 heteroatoms. The van der Waals surface area contributed by atoms with Crippen molar-refractivity contribution < 1.29 is 9.84 Å². The lowest BCUT2D eigenvalue weighted by Crippen LogP contribution is -2.43. The summed E-state index contributed by atoms with van der Waals surface area (Å²) in [5.41, 5.74) is -0.622. The number of aromatic nitrogens is 3. The van der Waals surface area contributed by atoms with E-state index in [2.05, 4.69) is 32.5 Å². The largest absolute Gasteiger partial charge is 0.461 e. The third-order valence-electron chi connectivity index (χ3n) is 3.35. The first kappa shape index (κ1) is 15.8. The summed E-state index contributed by atoms with van der Waals surface area (Å²) in [7, 11) is 0. The van der Waals surface area contributed by atoms with E-state index in [1.807, 2.05) is 13.8 Å². The lowest BCUT2D eigenvalue weighted by Gasteiger charge is -2.36. The van der Waals surface area contributed by atoms with E-state index in [0.717, 1.165) is 32.2 Å². The zero-order valence-corrected chi connectivity index (χ0v) is 13.0. The van der Waals surface area contributed by atoms with Gasteiger partial charge in [-0.1, -0.05) is 6.92 Å². The van der Waals surface area contributed by atoms with Gasteiger partial charge in [0.25, 0.3) is 0 Å². The first-order chi connectivity index (χ1) is 10.0. The van der Waals surface area contributed by atoms with Crippen molar-refractivity contribution in [3.63, 3.8) is 0 Å². The maximum absolute atomic E-state index is 10.1. The molecule has 0 unspecified atom stereocenters. The summed E-state index contributed by atoms with van der Waals surface area (Å²) in [6.07, 6.45) is 3.69. The normalized spacial score (nSPS) is 16.4. The van der Waals surface area contributed by atoms with Gasteiger partial charge in [-0.05, 0) is 39.5 Å². The van der Waals surface area contributed by atoms with Crippen molar-refractivity contribution in [3.05, 3.63) is 0 Å². The number of anilines is 2. The Morgan fingerprint density at radius 3 is 2.38 bits per heavy atom. The van der Waals surface area contributed by atoms with E-state index < -0.39 is 5.60 Å². The minimum absolute atomic E-state index is 0.00455. The zero-order chi connectivity index (χ0) is 15.3. The second kappa shape index (κ2) is 6.89. The van der Waals surface area contributed by atoms with Crippen molar-refractivity contribution in [2.75, 3.05) is 23.7 Å². The van der Waals surface area contributed by atoms with E-state index in [-0.39, 0.29) is 6.10 Å². The average molecular weight is 295 g/mol. The predicted molar refractivity (Wildman–Crippen MR) is 81.7 cm³/mol. The molecule has 0 aliphatic heterocycles. The van der Waals surface area contributed by atoms with Crippen LogP contribution in [0.2, 0.25) is 0 Å². The highest BCUT2D eigenvalue weighted by atomic mass is 16.5. The van der Waals surface area contributed by atoms with Crippen molar-refractivity contribution in [1.82, 2.24) is 15.0 Å².